The molecule has 0 aromatic heterocycles. The van der Waals surface area contributed by atoms with E-state index in [9.17, 15) is 0 Å². The number of nitrogens with one attached hydrogen (secondary N) is 1. The fourth-order valence-corrected chi connectivity index (χ4v) is 3.53. The Labute approximate surface area is 116 Å². The Morgan fingerprint density at radius 2 is 2.05 bits per heavy atom. The molecule has 19 heavy (non-hydrogen) atoms. The van der Waals surface area contributed by atoms with Gasteiger partial charge in [0.1, 0.15) is 0 Å². The first-order valence-electron chi connectivity index (χ1n) is 7.67. The van der Waals surface area contributed by atoms with Crippen LogP contribution in [0, 0.1) is 6.92 Å². The molecule has 0 bridgehead atoms. The predicted octanol–water partition coefficient (Wildman–Crippen LogP) is 3.40. The molecule has 2 unspecified atom stereocenters. The van der Waals surface area contributed by atoms with E-state index in [0.29, 0.717) is 18.2 Å². The van der Waals surface area contributed by atoms with E-state index in [1.807, 2.05) is 0 Å². The summed E-state index contributed by atoms with van der Waals surface area (Å²) < 4.78 is 5.75. The number of rotatable bonds is 4. The van der Waals surface area contributed by atoms with Crippen molar-refractivity contribution >= 4 is 0 Å². The Morgan fingerprint density at radius 1 is 1.26 bits per heavy atom. The molecule has 0 amide bonds. The van der Waals surface area contributed by atoms with Gasteiger partial charge < -0.3 is 10.1 Å². The fourth-order valence-electron chi connectivity index (χ4n) is 3.53. The third-order valence-electron chi connectivity index (χ3n) is 4.79. The molecule has 1 aliphatic heterocycles. The monoisotopic (exact) mass is 259 g/mol. The molecule has 2 fully saturated rings. The standard InChI is InChI=1S/C17H25NO/c1-12-6-3-4-7-16(12)14-10-15(11-14)18-13(2)17-8-5-9-19-17/h3-4,6-7,13-15,17-18H,5,8-11H2,1-2H3. The van der Waals surface area contributed by atoms with Gasteiger partial charge in [-0.25, -0.2) is 0 Å². The highest BCUT2D eigenvalue weighted by Gasteiger charge is 2.33. The first-order chi connectivity index (χ1) is 9.24. The van der Waals surface area contributed by atoms with Crippen LogP contribution in [0.15, 0.2) is 24.3 Å². The lowest BCUT2D eigenvalue weighted by Gasteiger charge is -2.39. The Morgan fingerprint density at radius 3 is 2.74 bits per heavy atom. The second-order valence-electron chi connectivity index (χ2n) is 6.23. The van der Waals surface area contributed by atoms with Crippen LogP contribution in [-0.2, 0) is 4.74 Å². The molecule has 0 spiro atoms. The first-order valence-corrected chi connectivity index (χ1v) is 7.67. The number of benzene rings is 1. The van der Waals surface area contributed by atoms with Crippen molar-refractivity contribution in [1.82, 2.24) is 5.32 Å². The summed E-state index contributed by atoms with van der Waals surface area (Å²) in [6.45, 7) is 5.45. The molecule has 3 rings (SSSR count). The van der Waals surface area contributed by atoms with Crippen LogP contribution >= 0.6 is 0 Å². The van der Waals surface area contributed by atoms with Crippen LogP contribution in [0.1, 0.15) is 49.7 Å². The van der Waals surface area contributed by atoms with E-state index in [2.05, 4.69) is 43.4 Å². The van der Waals surface area contributed by atoms with E-state index in [4.69, 9.17) is 4.74 Å². The molecule has 2 heteroatoms. The lowest BCUT2D eigenvalue weighted by Crippen LogP contribution is -2.48. The van der Waals surface area contributed by atoms with Crippen LogP contribution in [0.25, 0.3) is 0 Å². The summed E-state index contributed by atoms with van der Waals surface area (Å²) in [7, 11) is 0. The Balaban J connectivity index is 1.49. The quantitative estimate of drug-likeness (QED) is 0.895. The zero-order valence-corrected chi connectivity index (χ0v) is 12.1. The smallest absolute Gasteiger partial charge is 0.0726 e. The zero-order valence-electron chi connectivity index (χ0n) is 12.1. The van der Waals surface area contributed by atoms with E-state index in [0.717, 1.165) is 12.5 Å². The Kier molecular flexibility index (Phi) is 3.90. The molecule has 2 aliphatic rings. The van der Waals surface area contributed by atoms with E-state index in [1.165, 1.54) is 31.2 Å². The molecule has 104 valence electrons. The molecular weight excluding hydrogens is 234 g/mol. The molecule has 0 radical (unpaired) electrons. The van der Waals surface area contributed by atoms with Gasteiger partial charge in [0.2, 0.25) is 0 Å². The average Bonchev–Trinajstić information content (AvgIpc) is 2.88. The van der Waals surface area contributed by atoms with Crippen molar-refractivity contribution < 1.29 is 4.74 Å². The van der Waals surface area contributed by atoms with Crippen molar-refractivity contribution in [3.63, 3.8) is 0 Å². The topological polar surface area (TPSA) is 21.3 Å². The molecule has 2 nitrogen and oxygen atoms in total. The minimum absolute atomic E-state index is 0.442. The summed E-state index contributed by atoms with van der Waals surface area (Å²) in [6.07, 6.45) is 5.46. The molecule has 1 N–H and O–H groups in total. The van der Waals surface area contributed by atoms with Gasteiger partial charge in [0.25, 0.3) is 0 Å². The van der Waals surface area contributed by atoms with Crippen molar-refractivity contribution in [3.8, 4) is 0 Å². The molecular formula is C17H25NO. The maximum atomic E-state index is 5.75. The fraction of sp³-hybridized carbons (Fsp3) is 0.647. The van der Waals surface area contributed by atoms with E-state index >= 15 is 0 Å². The van der Waals surface area contributed by atoms with Crippen molar-refractivity contribution in [3.05, 3.63) is 35.4 Å². The Bertz CT molecular complexity index is 419. The molecule has 1 aromatic rings. The first kappa shape index (κ1) is 13.1. The lowest BCUT2D eigenvalue weighted by atomic mass is 9.74. The summed E-state index contributed by atoms with van der Waals surface area (Å²) in [4.78, 5) is 0. The molecule has 1 aromatic carbocycles. The SMILES string of the molecule is Cc1ccccc1C1CC(NC(C)C2CCCO2)C1. The van der Waals surface area contributed by atoms with Gasteiger partial charge in [0, 0.05) is 18.7 Å². The van der Waals surface area contributed by atoms with Crippen LogP contribution in [0.2, 0.25) is 0 Å². The van der Waals surface area contributed by atoms with Crippen LogP contribution in [0.5, 0.6) is 0 Å². The van der Waals surface area contributed by atoms with E-state index < -0.39 is 0 Å². The highest BCUT2D eigenvalue weighted by molar-refractivity contribution is 5.31. The van der Waals surface area contributed by atoms with Gasteiger partial charge in [-0.3, -0.25) is 0 Å². The highest BCUT2D eigenvalue weighted by Crippen LogP contribution is 2.38. The minimum Gasteiger partial charge on any atom is -0.377 e. The van der Waals surface area contributed by atoms with Crippen molar-refractivity contribution in [2.75, 3.05) is 6.61 Å². The van der Waals surface area contributed by atoms with Gasteiger partial charge in [-0.1, -0.05) is 24.3 Å². The lowest BCUT2D eigenvalue weighted by molar-refractivity contribution is 0.0731. The third-order valence-corrected chi connectivity index (χ3v) is 4.79. The number of hydrogen-bond acceptors (Lipinski definition) is 2. The largest absolute Gasteiger partial charge is 0.377 e. The zero-order chi connectivity index (χ0) is 13.2. The summed E-state index contributed by atoms with van der Waals surface area (Å²) in [5.74, 6) is 0.760. The van der Waals surface area contributed by atoms with Gasteiger partial charge >= 0.3 is 0 Å². The van der Waals surface area contributed by atoms with Crippen LogP contribution in [0.4, 0.5) is 0 Å². The number of hydrogen-bond donors (Lipinski definition) is 1. The van der Waals surface area contributed by atoms with Crippen LogP contribution in [-0.4, -0.2) is 24.8 Å². The third kappa shape index (κ3) is 2.85. The summed E-state index contributed by atoms with van der Waals surface area (Å²) in [6, 6.07) is 10.0. The molecule has 1 heterocycles. The Hall–Kier alpha value is -0.860. The van der Waals surface area contributed by atoms with Crippen molar-refractivity contribution in [2.24, 2.45) is 0 Å². The second kappa shape index (κ2) is 5.64. The van der Waals surface area contributed by atoms with Gasteiger partial charge in [-0.05, 0) is 56.6 Å². The van der Waals surface area contributed by atoms with Gasteiger partial charge in [0.15, 0.2) is 0 Å². The van der Waals surface area contributed by atoms with E-state index in [-0.39, 0.29) is 0 Å². The molecule has 1 saturated heterocycles. The van der Waals surface area contributed by atoms with Crippen molar-refractivity contribution in [2.45, 2.75) is 63.6 Å². The second-order valence-corrected chi connectivity index (χ2v) is 6.23. The van der Waals surface area contributed by atoms with Crippen LogP contribution < -0.4 is 5.32 Å². The van der Waals surface area contributed by atoms with Gasteiger partial charge in [0.05, 0.1) is 6.10 Å². The average molecular weight is 259 g/mol. The van der Waals surface area contributed by atoms with Crippen molar-refractivity contribution in [1.29, 1.82) is 0 Å². The maximum absolute atomic E-state index is 5.75. The number of ether oxygens (including phenoxy) is 1. The van der Waals surface area contributed by atoms with Gasteiger partial charge in [-0.2, -0.15) is 0 Å². The molecule has 1 aliphatic carbocycles. The number of aryl methyl sites for hydroxylation is 1. The predicted molar refractivity (Wildman–Crippen MR) is 78.5 cm³/mol. The summed E-state index contributed by atoms with van der Waals surface area (Å²) in [5, 5.41) is 3.75. The molecule has 1 saturated carbocycles. The minimum atomic E-state index is 0.442. The van der Waals surface area contributed by atoms with E-state index in [1.54, 1.807) is 5.56 Å². The molecule has 2 atom stereocenters. The van der Waals surface area contributed by atoms with Gasteiger partial charge in [-0.15, -0.1) is 0 Å². The maximum Gasteiger partial charge on any atom is 0.0726 e. The van der Waals surface area contributed by atoms with Crippen LogP contribution in [0.3, 0.4) is 0 Å². The summed E-state index contributed by atoms with van der Waals surface area (Å²) in [5.41, 5.74) is 2.99. The highest BCUT2D eigenvalue weighted by atomic mass is 16.5. The summed E-state index contributed by atoms with van der Waals surface area (Å²) >= 11 is 0. The normalized spacial score (nSPS) is 32.0.